The van der Waals surface area contributed by atoms with E-state index in [-0.39, 0.29) is 0 Å². The van der Waals surface area contributed by atoms with E-state index >= 15 is 0 Å². The molecule has 2 aromatic rings. The van der Waals surface area contributed by atoms with E-state index in [4.69, 9.17) is 16.3 Å². The average Bonchev–Trinajstić information content (AvgIpc) is 2.27. The van der Waals surface area contributed by atoms with Crippen molar-refractivity contribution in [2.45, 2.75) is 12.8 Å². The van der Waals surface area contributed by atoms with Crippen LogP contribution in [0.1, 0.15) is 11.3 Å². The molecular formula is C12H12ClNO. The van der Waals surface area contributed by atoms with Gasteiger partial charge in [-0.25, -0.2) is 0 Å². The zero-order valence-corrected chi connectivity index (χ0v) is 9.51. The Hall–Kier alpha value is -1.28. The van der Waals surface area contributed by atoms with E-state index in [1.165, 1.54) is 0 Å². The van der Waals surface area contributed by atoms with Crippen LogP contribution in [-0.4, -0.2) is 12.1 Å². The van der Waals surface area contributed by atoms with Crippen molar-refractivity contribution in [3.8, 4) is 5.75 Å². The number of nitrogens with zero attached hydrogens (tertiary/aromatic N) is 1. The Morgan fingerprint density at radius 3 is 2.80 bits per heavy atom. The van der Waals surface area contributed by atoms with Crippen LogP contribution in [0, 0.1) is 6.92 Å². The van der Waals surface area contributed by atoms with Crippen molar-refractivity contribution in [2.75, 3.05) is 7.11 Å². The predicted molar refractivity (Wildman–Crippen MR) is 62.6 cm³/mol. The van der Waals surface area contributed by atoms with Gasteiger partial charge in [-0.3, -0.25) is 4.98 Å². The van der Waals surface area contributed by atoms with Gasteiger partial charge in [0.25, 0.3) is 0 Å². The van der Waals surface area contributed by atoms with Gasteiger partial charge in [0.2, 0.25) is 0 Å². The number of fused-ring (bicyclic) bond motifs is 1. The van der Waals surface area contributed by atoms with Crippen molar-refractivity contribution in [3.63, 3.8) is 0 Å². The highest BCUT2D eigenvalue weighted by molar-refractivity contribution is 6.17. The summed E-state index contributed by atoms with van der Waals surface area (Å²) < 4.78 is 5.15. The van der Waals surface area contributed by atoms with Gasteiger partial charge in [-0.05, 0) is 30.7 Å². The molecule has 0 amide bonds. The lowest BCUT2D eigenvalue weighted by Crippen LogP contribution is -1.91. The number of pyridine rings is 1. The topological polar surface area (TPSA) is 22.1 Å². The minimum atomic E-state index is 0.501. The quantitative estimate of drug-likeness (QED) is 0.726. The minimum absolute atomic E-state index is 0.501. The second kappa shape index (κ2) is 4.07. The van der Waals surface area contributed by atoms with Crippen LogP contribution < -0.4 is 4.74 Å². The molecule has 2 rings (SSSR count). The van der Waals surface area contributed by atoms with Crippen LogP contribution in [0.2, 0.25) is 0 Å². The number of aryl methyl sites for hydroxylation is 1. The van der Waals surface area contributed by atoms with Crippen molar-refractivity contribution >= 4 is 22.5 Å². The molecule has 0 bridgehead atoms. The third-order valence-electron chi connectivity index (χ3n) is 2.46. The molecule has 1 aromatic heterocycles. The number of aromatic nitrogens is 1. The first-order valence-electron chi connectivity index (χ1n) is 4.75. The highest BCUT2D eigenvalue weighted by Crippen LogP contribution is 2.22. The number of methoxy groups -OCH3 is 1. The molecule has 0 unspecified atom stereocenters. The molecule has 15 heavy (non-hydrogen) atoms. The molecular weight excluding hydrogens is 210 g/mol. The van der Waals surface area contributed by atoms with Gasteiger partial charge in [0.05, 0.1) is 12.6 Å². The summed E-state index contributed by atoms with van der Waals surface area (Å²) in [6, 6.07) is 7.93. The van der Waals surface area contributed by atoms with Crippen molar-refractivity contribution < 1.29 is 4.74 Å². The van der Waals surface area contributed by atoms with E-state index in [0.29, 0.717) is 5.88 Å². The highest BCUT2D eigenvalue weighted by Gasteiger charge is 2.03. The number of rotatable bonds is 2. The van der Waals surface area contributed by atoms with Crippen molar-refractivity contribution in [2.24, 2.45) is 0 Å². The van der Waals surface area contributed by atoms with Gasteiger partial charge in [-0.15, -0.1) is 11.6 Å². The molecule has 0 spiro atoms. The van der Waals surface area contributed by atoms with Gasteiger partial charge in [-0.1, -0.05) is 0 Å². The van der Waals surface area contributed by atoms with Gasteiger partial charge in [0.1, 0.15) is 5.75 Å². The normalized spacial score (nSPS) is 10.6. The number of benzene rings is 1. The Labute approximate surface area is 93.8 Å². The van der Waals surface area contributed by atoms with Gasteiger partial charge < -0.3 is 4.74 Å². The van der Waals surface area contributed by atoms with E-state index in [0.717, 1.165) is 27.9 Å². The smallest absolute Gasteiger partial charge is 0.121 e. The molecule has 0 saturated heterocycles. The number of ether oxygens (including phenoxy) is 1. The molecule has 0 atom stereocenters. The maximum Gasteiger partial charge on any atom is 0.121 e. The molecule has 2 nitrogen and oxygen atoms in total. The molecule has 0 aliphatic carbocycles. The Balaban J connectivity index is 2.65. The molecule has 0 aliphatic rings. The Kier molecular flexibility index (Phi) is 2.78. The first kappa shape index (κ1) is 10.2. The zero-order valence-electron chi connectivity index (χ0n) is 8.75. The van der Waals surface area contributed by atoms with Crippen LogP contribution in [0.5, 0.6) is 5.75 Å². The summed E-state index contributed by atoms with van der Waals surface area (Å²) in [7, 11) is 1.65. The largest absolute Gasteiger partial charge is 0.497 e. The lowest BCUT2D eigenvalue weighted by Gasteiger charge is -2.06. The van der Waals surface area contributed by atoms with Crippen molar-refractivity contribution in [1.29, 1.82) is 0 Å². The van der Waals surface area contributed by atoms with Crippen molar-refractivity contribution in [1.82, 2.24) is 4.98 Å². The zero-order chi connectivity index (χ0) is 10.8. The van der Waals surface area contributed by atoms with E-state index in [2.05, 4.69) is 11.1 Å². The number of hydrogen-bond acceptors (Lipinski definition) is 2. The molecule has 0 N–H and O–H groups in total. The molecule has 0 radical (unpaired) electrons. The number of hydrogen-bond donors (Lipinski definition) is 0. The summed E-state index contributed by atoms with van der Waals surface area (Å²) >= 11 is 5.83. The van der Waals surface area contributed by atoms with Gasteiger partial charge >= 0.3 is 0 Å². The summed E-state index contributed by atoms with van der Waals surface area (Å²) in [5.41, 5.74) is 3.00. The first-order chi connectivity index (χ1) is 7.24. The van der Waals surface area contributed by atoms with E-state index in [1.54, 1.807) is 7.11 Å². The number of halogens is 1. The summed E-state index contributed by atoms with van der Waals surface area (Å²) in [5.74, 6) is 1.33. The highest BCUT2D eigenvalue weighted by atomic mass is 35.5. The van der Waals surface area contributed by atoms with Gasteiger partial charge in [0.15, 0.2) is 0 Å². The Morgan fingerprint density at radius 1 is 1.33 bits per heavy atom. The third-order valence-corrected chi connectivity index (χ3v) is 2.75. The van der Waals surface area contributed by atoms with Crippen LogP contribution in [0.3, 0.4) is 0 Å². The third kappa shape index (κ3) is 1.90. The monoisotopic (exact) mass is 221 g/mol. The Bertz CT molecular complexity index is 496. The van der Waals surface area contributed by atoms with Crippen LogP contribution >= 0.6 is 11.6 Å². The van der Waals surface area contributed by atoms with Crippen LogP contribution in [-0.2, 0) is 5.88 Å². The molecule has 0 saturated carbocycles. The molecule has 78 valence electrons. The Morgan fingerprint density at radius 2 is 2.13 bits per heavy atom. The second-order valence-electron chi connectivity index (χ2n) is 3.43. The first-order valence-corrected chi connectivity index (χ1v) is 5.28. The van der Waals surface area contributed by atoms with Crippen LogP contribution in [0.25, 0.3) is 10.9 Å². The maximum absolute atomic E-state index is 5.83. The summed E-state index contributed by atoms with van der Waals surface area (Å²) in [5, 5.41) is 1.09. The van der Waals surface area contributed by atoms with Gasteiger partial charge in [-0.2, -0.15) is 0 Å². The van der Waals surface area contributed by atoms with Crippen LogP contribution in [0.15, 0.2) is 24.3 Å². The fourth-order valence-corrected chi connectivity index (χ4v) is 1.82. The lowest BCUT2D eigenvalue weighted by atomic mass is 10.1. The molecule has 0 aliphatic heterocycles. The summed E-state index contributed by atoms with van der Waals surface area (Å²) in [6.45, 7) is 1.97. The summed E-state index contributed by atoms with van der Waals surface area (Å²) in [4.78, 5) is 4.49. The van der Waals surface area contributed by atoms with E-state index in [1.807, 2.05) is 25.1 Å². The van der Waals surface area contributed by atoms with Crippen LogP contribution in [0.4, 0.5) is 0 Å². The summed E-state index contributed by atoms with van der Waals surface area (Å²) in [6.07, 6.45) is 0. The lowest BCUT2D eigenvalue weighted by molar-refractivity contribution is 0.415. The fourth-order valence-electron chi connectivity index (χ4n) is 1.55. The maximum atomic E-state index is 5.83. The minimum Gasteiger partial charge on any atom is -0.497 e. The average molecular weight is 222 g/mol. The molecule has 1 heterocycles. The second-order valence-corrected chi connectivity index (χ2v) is 3.69. The van der Waals surface area contributed by atoms with E-state index < -0.39 is 0 Å². The van der Waals surface area contributed by atoms with Crippen molar-refractivity contribution in [3.05, 3.63) is 35.5 Å². The molecule has 3 heteroatoms. The standard InChI is InChI=1S/C12H12ClNO/c1-8-10(7-13)5-9-3-4-11(15-2)6-12(9)14-8/h3-6H,7H2,1-2H3. The van der Waals surface area contributed by atoms with E-state index in [9.17, 15) is 0 Å². The SMILES string of the molecule is COc1ccc2cc(CCl)c(C)nc2c1. The number of alkyl halides is 1. The molecule has 1 aromatic carbocycles. The van der Waals surface area contributed by atoms with Gasteiger partial charge in [0, 0.05) is 23.0 Å². The molecule has 0 fully saturated rings. The fraction of sp³-hybridized carbons (Fsp3) is 0.250. The predicted octanol–water partition coefficient (Wildman–Crippen LogP) is 3.29.